The molecule has 0 saturated carbocycles. The van der Waals surface area contributed by atoms with Gasteiger partial charge in [-0.3, -0.25) is 4.57 Å². The maximum absolute atomic E-state index is 12.0. The highest BCUT2D eigenvalue weighted by Gasteiger charge is 2.20. The van der Waals surface area contributed by atoms with Crippen molar-refractivity contribution in [2.75, 3.05) is 11.1 Å². The van der Waals surface area contributed by atoms with Crippen LogP contribution in [-0.2, 0) is 12.8 Å². The Morgan fingerprint density at radius 1 is 1.26 bits per heavy atom. The Morgan fingerprint density at radius 2 is 1.96 bits per heavy atom. The van der Waals surface area contributed by atoms with E-state index in [0.29, 0.717) is 17.1 Å². The number of aryl methyl sites for hydroxylation is 2. The Labute approximate surface area is 157 Å². The van der Waals surface area contributed by atoms with E-state index >= 15 is 0 Å². The number of primary amides is 1. The van der Waals surface area contributed by atoms with E-state index in [1.54, 1.807) is 10.6 Å². The van der Waals surface area contributed by atoms with Crippen LogP contribution in [0.1, 0.15) is 36.2 Å². The summed E-state index contributed by atoms with van der Waals surface area (Å²) in [6, 6.07) is 7.05. The SMILES string of the molecule is CCc1c(Nc2cc(N)ncc2C#N)ccc2c1c(CC)c(C)n2C(N)=O. The van der Waals surface area contributed by atoms with Gasteiger partial charge in [-0.15, -0.1) is 0 Å². The maximum atomic E-state index is 12.0. The first-order valence-electron chi connectivity index (χ1n) is 8.81. The van der Waals surface area contributed by atoms with E-state index in [1.807, 2.05) is 19.1 Å². The summed E-state index contributed by atoms with van der Waals surface area (Å²) in [5.74, 6) is 0.334. The molecule has 1 aromatic carbocycles. The number of nitriles is 1. The lowest BCUT2D eigenvalue weighted by atomic mass is 9.99. The molecule has 2 heterocycles. The van der Waals surface area contributed by atoms with Crippen molar-refractivity contribution in [3.8, 4) is 6.07 Å². The minimum Gasteiger partial charge on any atom is -0.384 e. The highest BCUT2D eigenvalue weighted by atomic mass is 16.2. The van der Waals surface area contributed by atoms with Crippen LogP contribution in [0.5, 0.6) is 0 Å². The second-order valence-corrected chi connectivity index (χ2v) is 6.32. The lowest BCUT2D eigenvalue weighted by Crippen LogP contribution is -2.20. The monoisotopic (exact) mass is 362 g/mol. The van der Waals surface area contributed by atoms with E-state index < -0.39 is 6.03 Å². The summed E-state index contributed by atoms with van der Waals surface area (Å²) in [7, 11) is 0. The Kier molecular flexibility index (Phi) is 4.74. The normalized spacial score (nSPS) is 10.7. The molecular formula is C20H22N6O. The summed E-state index contributed by atoms with van der Waals surface area (Å²) in [4.78, 5) is 15.9. The first kappa shape index (κ1) is 18.3. The Balaban J connectivity index is 2.26. The molecule has 0 aliphatic carbocycles. The summed E-state index contributed by atoms with van der Waals surface area (Å²) < 4.78 is 1.56. The molecule has 0 radical (unpaired) electrons. The van der Waals surface area contributed by atoms with Crippen molar-refractivity contribution in [3.05, 3.63) is 46.8 Å². The number of carbonyl (C=O) groups excluding carboxylic acids is 1. The van der Waals surface area contributed by atoms with E-state index in [0.717, 1.165) is 46.3 Å². The molecule has 2 aromatic heterocycles. The van der Waals surface area contributed by atoms with Crippen LogP contribution in [0.2, 0.25) is 0 Å². The van der Waals surface area contributed by atoms with Crippen molar-refractivity contribution in [1.29, 1.82) is 5.26 Å². The van der Waals surface area contributed by atoms with Gasteiger partial charge in [0.2, 0.25) is 0 Å². The number of nitrogens with two attached hydrogens (primary N) is 2. The molecule has 3 aromatic rings. The Bertz CT molecular complexity index is 1090. The molecule has 0 fully saturated rings. The number of carbonyl (C=O) groups is 1. The second kappa shape index (κ2) is 7.00. The fraction of sp³-hybridized carbons (Fsp3) is 0.250. The first-order valence-corrected chi connectivity index (χ1v) is 8.81. The minimum absolute atomic E-state index is 0.334. The van der Waals surface area contributed by atoms with E-state index in [9.17, 15) is 10.1 Å². The largest absolute Gasteiger partial charge is 0.384 e. The molecule has 5 N–H and O–H groups in total. The van der Waals surface area contributed by atoms with Gasteiger partial charge in [0.25, 0.3) is 0 Å². The third-order valence-electron chi connectivity index (χ3n) is 4.85. The number of rotatable bonds is 4. The number of fused-ring (bicyclic) bond motifs is 1. The van der Waals surface area contributed by atoms with Crippen molar-refractivity contribution < 1.29 is 4.79 Å². The van der Waals surface area contributed by atoms with Gasteiger partial charge < -0.3 is 16.8 Å². The first-order chi connectivity index (χ1) is 12.9. The molecule has 0 aliphatic heterocycles. The van der Waals surface area contributed by atoms with Crippen molar-refractivity contribution in [1.82, 2.24) is 9.55 Å². The number of nitrogens with zero attached hydrogens (tertiary/aromatic N) is 3. The van der Waals surface area contributed by atoms with E-state index in [1.165, 1.54) is 6.20 Å². The molecule has 0 atom stereocenters. The van der Waals surface area contributed by atoms with Crippen molar-refractivity contribution in [2.45, 2.75) is 33.6 Å². The van der Waals surface area contributed by atoms with Crippen LogP contribution >= 0.6 is 0 Å². The summed E-state index contributed by atoms with van der Waals surface area (Å²) in [6.07, 6.45) is 2.98. The third kappa shape index (κ3) is 2.95. The average molecular weight is 362 g/mol. The van der Waals surface area contributed by atoms with Crippen LogP contribution < -0.4 is 16.8 Å². The van der Waals surface area contributed by atoms with Crippen LogP contribution in [0, 0.1) is 18.3 Å². The molecule has 0 spiro atoms. The molecule has 7 nitrogen and oxygen atoms in total. The van der Waals surface area contributed by atoms with Gasteiger partial charge in [-0.2, -0.15) is 5.26 Å². The molecular weight excluding hydrogens is 340 g/mol. The van der Waals surface area contributed by atoms with Crippen molar-refractivity contribution in [3.63, 3.8) is 0 Å². The number of hydrogen-bond donors (Lipinski definition) is 3. The molecule has 3 rings (SSSR count). The number of pyridine rings is 1. The van der Waals surface area contributed by atoms with Crippen LogP contribution in [0.15, 0.2) is 24.4 Å². The summed E-state index contributed by atoms with van der Waals surface area (Å²) in [6.45, 7) is 6.03. The van der Waals surface area contributed by atoms with Crippen molar-refractivity contribution in [2.24, 2.45) is 5.73 Å². The lowest BCUT2D eigenvalue weighted by molar-refractivity contribution is 0.251. The van der Waals surface area contributed by atoms with Gasteiger partial charge in [0.15, 0.2) is 0 Å². The Hall–Kier alpha value is -3.53. The number of hydrogen-bond acceptors (Lipinski definition) is 5. The highest BCUT2D eigenvalue weighted by molar-refractivity contribution is 5.99. The summed E-state index contributed by atoms with van der Waals surface area (Å²) in [5.41, 5.74) is 17.1. The van der Waals surface area contributed by atoms with Gasteiger partial charge >= 0.3 is 6.03 Å². The predicted molar refractivity (Wildman–Crippen MR) is 107 cm³/mol. The number of anilines is 3. The number of nitrogens with one attached hydrogen (secondary N) is 1. The van der Waals surface area contributed by atoms with Crippen LogP contribution in [0.4, 0.5) is 22.0 Å². The van der Waals surface area contributed by atoms with Gasteiger partial charge in [-0.1, -0.05) is 13.8 Å². The molecule has 7 heteroatoms. The zero-order valence-corrected chi connectivity index (χ0v) is 15.6. The maximum Gasteiger partial charge on any atom is 0.323 e. The smallest absolute Gasteiger partial charge is 0.323 e. The molecule has 0 bridgehead atoms. The minimum atomic E-state index is -0.492. The summed E-state index contributed by atoms with van der Waals surface area (Å²) >= 11 is 0. The molecule has 0 saturated heterocycles. The lowest BCUT2D eigenvalue weighted by Gasteiger charge is -2.15. The average Bonchev–Trinajstić information content (AvgIpc) is 2.93. The van der Waals surface area contributed by atoms with Crippen LogP contribution in [-0.4, -0.2) is 15.6 Å². The predicted octanol–water partition coefficient (Wildman–Crippen LogP) is 3.59. The van der Waals surface area contributed by atoms with Gasteiger partial charge in [0.1, 0.15) is 11.9 Å². The molecule has 0 unspecified atom stereocenters. The zero-order chi connectivity index (χ0) is 19.7. The number of amides is 1. The van der Waals surface area contributed by atoms with E-state index in [4.69, 9.17) is 11.5 Å². The highest BCUT2D eigenvalue weighted by Crippen LogP contribution is 2.35. The van der Waals surface area contributed by atoms with E-state index in [-0.39, 0.29) is 0 Å². The van der Waals surface area contributed by atoms with E-state index in [2.05, 4.69) is 30.2 Å². The van der Waals surface area contributed by atoms with Gasteiger partial charge in [0.05, 0.1) is 16.8 Å². The fourth-order valence-electron chi connectivity index (χ4n) is 3.67. The zero-order valence-electron chi connectivity index (χ0n) is 15.6. The van der Waals surface area contributed by atoms with Crippen LogP contribution in [0.3, 0.4) is 0 Å². The number of aromatic nitrogens is 2. The van der Waals surface area contributed by atoms with Gasteiger partial charge in [0, 0.05) is 29.0 Å². The molecule has 1 amide bonds. The summed E-state index contributed by atoms with van der Waals surface area (Å²) in [5, 5.41) is 13.7. The van der Waals surface area contributed by atoms with Crippen LogP contribution in [0.25, 0.3) is 10.9 Å². The molecule has 138 valence electrons. The van der Waals surface area contributed by atoms with Gasteiger partial charge in [-0.25, -0.2) is 9.78 Å². The Morgan fingerprint density at radius 3 is 2.56 bits per heavy atom. The molecule has 27 heavy (non-hydrogen) atoms. The number of benzene rings is 1. The topological polar surface area (TPSA) is 123 Å². The standard InChI is InChI=1S/C20H22N6O/c1-4-13-11(3)26(20(23)27)17-7-6-15(14(5-2)19(13)17)25-16-8-18(22)24-10-12(16)9-21/h6-8,10H,4-5H2,1-3H3,(H2,23,27)(H3,22,24,25). The fourth-order valence-corrected chi connectivity index (χ4v) is 3.67. The third-order valence-corrected chi connectivity index (χ3v) is 4.85. The van der Waals surface area contributed by atoms with Crippen molar-refractivity contribution >= 4 is 34.1 Å². The number of nitrogen functional groups attached to an aromatic ring is 1. The second-order valence-electron chi connectivity index (χ2n) is 6.32. The molecule has 0 aliphatic rings. The quantitative estimate of drug-likeness (QED) is 0.654. The van der Waals surface area contributed by atoms with Gasteiger partial charge in [-0.05, 0) is 43.0 Å².